The first-order valence-corrected chi connectivity index (χ1v) is 6.65. The summed E-state index contributed by atoms with van der Waals surface area (Å²) in [5.74, 6) is -0.813. The number of hydrogen-bond acceptors (Lipinski definition) is 5. The van der Waals surface area contributed by atoms with Crippen molar-refractivity contribution in [2.24, 2.45) is 11.8 Å². The van der Waals surface area contributed by atoms with Crippen molar-refractivity contribution in [1.29, 1.82) is 0 Å². The summed E-state index contributed by atoms with van der Waals surface area (Å²) in [7, 11) is 0. The van der Waals surface area contributed by atoms with Gasteiger partial charge < -0.3 is 10.1 Å². The number of aliphatic carboxylic acids is 1. The largest absolute Gasteiger partial charge is 0.481 e. The van der Waals surface area contributed by atoms with Gasteiger partial charge in [0.05, 0.1) is 12.5 Å². The smallest absolute Gasteiger partial charge is 0.308 e. The van der Waals surface area contributed by atoms with Gasteiger partial charge in [0.1, 0.15) is 0 Å². The summed E-state index contributed by atoms with van der Waals surface area (Å²) >= 11 is 0. The molecule has 0 radical (unpaired) electrons. The minimum Gasteiger partial charge on any atom is -0.481 e. The molecule has 112 valence electrons. The molecule has 0 bridgehead atoms. The molecule has 8 nitrogen and oxygen atoms in total. The maximum atomic E-state index is 11.3. The van der Waals surface area contributed by atoms with Crippen LogP contribution in [-0.2, 0) is 11.3 Å². The lowest BCUT2D eigenvalue weighted by atomic mass is 9.97. The first-order valence-electron chi connectivity index (χ1n) is 6.65. The second kappa shape index (κ2) is 6.29. The van der Waals surface area contributed by atoms with Gasteiger partial charge in [-0.05, 0) is 28.8 Å². The second-order valence-electron chi connectivity index (χ2n) is 5.29. The van der Waals surface area contributed by atoms with Crippen LogP contribution in [0.5, 0.6) is 0 Å². The minimum absolute atomic E-state index is 0.169. The molecule has 0 saturated carbocycles. The molecule has 0 aliphatic rings. The maximum Gasteiger partial charge on any atom is 0.308 e. The van der Waals surface area contributed by atoms with Crippen molar-refractivity contribution >= 4 is 5.97 Å². The van der Waals surface area contributed by atoms with Crippen LogP contribution >= 0.6 is 0 Å². The summed E-state index contributed by atoms with van der Waals surface area (Å²) in [5, 5.41) is 20.6. The lowest BCUT2D eigenvalue weighted by Gasteiger charge is -2.15. The molecule has 2 heterocycles. The highest BCUT2D eigenvalue weighted by Crippen LogP contribution is 2.18. The van der Waals surface area contributed by atoms with Crippen molar-refractivity contribution in [1.82, 2.24) is 25.2 Å². The van der Waals surface area contributed by atoms with Crippen LogP contribution in [0.1, 0.15) is 20.3 Å². The molecule has 0 amide bonds. The van der Waals surface area contributed by atoms with Crippen LogP contribution in [-0.4, -0.2) is 36.3 Å². The normalized spacial score (nSPS) is 12.5. The number of aromatic amines is 1. The fraction of sp³-hybridized carbons (Fsp3) is 0.462. The predicted octanol–water partition coefficient (Wildman–Crippen LogP) is 0.775. The molecule has 21 heavy (non-hydrogen) atoms. The van der Waals surface area contributed by atoms with Crippen molar-refractivity contribution in [3.63, 3.8) is 0 Å². The van der Waals surface area contributed by atoms with E-state index < -0.39 is 11.9 Å². The molecule has 0 fully saturated rings. The van der Waals surface area contributed by atoms with E-state index in [-0.39, 0.29) is 18.0 Å². The van der Waals surface area contributed by atoms with Gasteiger partial charge in [0.15, 0.2) is 5.82 Å². The van der Waals surface area contributed by atoms with Crippen LogP contribution in [0, 0.1) is 11.8 Å². The van der Waals surface area contributed by atoms with Crippen LogP contribution in [0.3, 0.4) is 0 Å². The molecule has 2 N–H and O–H groups in total. The SMILES string of the molecule is CC(C)CC(Cn1nnnc1-c1cc[nH]c(=O)c1)C(=O)O. The number of nitrogens with one attached hydrogen (secondary N) is 1. The third kappa shape index (κ3) is 3.74. The fourth-order valence-corrected chi connectivity index (χ4v) is 2.15. The molecule has 2 rings (SSSR count). The molecule has 1 unspecified atom stereocenters. The zero-order valence-electron chi connectivity index (χ0n) is 11.9. The Labute approximate surface area is 120 Å². The van der Waals surface area contributed by atoms with Gasteiger partial charge >= 0.3 is 5.97 Å². The van der Waals surface area contributed by atoms with E-state index in [1.165, 1.54) is 16.9 Å². The van der Waals surface area contributed by atoms with Crippen LogP contribution in [0.4, 0.5) is 0 Å². The number of nitrogens with zero attached hydrogens (tertiary/aromatic N) is 4. The van der Waals surface area contributed by atoms with Gasteiger partial charge in [0, 0.05) is 17.8 Å². The summed E-state index contributed by atoms with van der Waals surface area (Å²) in [5.41, 5.74) is 0.288. The second-order valence-corrected chi connectivity index (χ2v) is 5.29. The van der Waals surface area contributed by atoms with Crippen molar-refractivity contribution in [2.45, 2.75) is 26.8 Å². The average Bonchev–Trinajstić information content (AvgIpc) is 2.85. The zero-order valence-corrected chi connectivity index (χ0v) is 11.9. The summed E-state index contributed by atoms with van der Waals surface area (Å²) in [6, 6.07) is 3.04. The van der Waals surface area contributed by atoms with E-state index in [0.717, 1.165) is 0 Å². The molecule has 0 aliphatic heterocycles. The van der Waals surface area contributed by atoms with Crippen LogP contribution in [0.15, 0.2) is 23.1 Å². The maximum absolute atomic E-state index is 11.3. The van der Waals surface area contributed by atoms with Gasteiger partial charge in [-0.3, -0.25) is 9.59 Å². The average molecular weight is 291 g/mol. The number of hydrogen-bond donors (Lipinski definition) is 2. The lowest BCUT2D eigenvalue weighted by molar-refractivity contribution is -0.142. The highest BCUT2D eigenvalue weighted by Gasteiger charge is 2.22. The van der Waals surface area contributed by atoms with Crippen molar-refractivity contribution in [3.05, 3.63) is 28.7 Å². The van der Waals surface area contributed by atoms with E-state index in [2.05, 4.69) is 20.5 Å². The molecule has 0 saturated heterocycles. The third-order valence-corrected chi connectivity index (χ3v) is 3.06. The van der Waals surface area contributed by atoms with Crippen molar-refractivity contribution < 1.29 is 9.90 Å². The van der Waals surface area contributed by atoms with Gasteiger partial charge in [-0.2, -0.15) is 0 Å². The molecule has 8 heteroatoms. The van der Waals surface area contributed by atoms with Gasteiger partial charge in [0.25, 0.3) is 0 Å². The number of carboxylic acid groups (broad SMARTS) is 1. The van der Waals surface area contributed by atoms with Gasteiger partial charge in [0.2, 0.25) is 5.56 Å². The quantitative estimate of drug-likeness (QED) is 0.812. The van der Waals surface area contributed by atoms with E-state index >= 15 is 0 Å². The molecule has 1 atom stereocenters. The Kier molecular flexibility index (Phi) is 4.46. The number of aromatic nitrogens is 5. The van der Waals surface area contributed by atoms with Crippen LogP contribution < -0.4 is 5.56 Å². The first kappa shape index (κ1) is 14.9. The van der Waals surface area contributed by atoms with E-state index in [0.29, 0.717) is 17.8 Å². The Bertz CT molecular complexity index is 676. The van der Waals surface area contributed by atoms with Gasteiger partial charge in [-0.25, -0.2) is 4.68 Å². The third-order valence-electron chi connectivity index (χ3n) is 3.06. The van der Waals surface area contributed by atoms with E-state index in [4.69, 9.17) is 0 Å². The Hall–Kier alpha value is -2.51. The Balaban J connectivity index is 2.27. The van der Waals surface area contributed by atoms with Gasteiger partial charge in [-0.1, -0.05) is 13.8 Å². The van der Waals surface area contributed by atoms with Gasteiger partial charge in [-0.15, -0.1) is 5.10 Å². The number of H-pyrrole nitrogens is 1. The Morgan fingerprint density at radius 1 is 1.48 bits per heavy atom. The highest BCUT2D eigenvalue weighted by atomic mass is 16.4. The standard InChI is InChI=1S/C13H17N5O3/c1-8(2)5-10(13(20)21)7-18-12(15-16-17-18)9-3-4-14-11(19)6-9/h3-4,6,8,10H,5,7H2,1-2H3,(H,14,19)(H,20,21). The minimum atomic E-state index is -0.879. The monoisotopic (exact) mass is 291 g/mol. The molecule has 2 aromatic rings. The molecule has 0 aliphatic carbocycles. The Morgan fingerprint density at radius 2 is 2.24 bits per heavy atom. The number of carboxylic acids is 1. The molecular formula is C13H17N5O3. The predicted molar refractivity (Wildman–Crippen MR) is 74.5 cm³/mol. The summed E-state index contributed by atoms with van der Waals surface area (Å²) in [4.78, 5) is 25.2. The number of tetrazole rings is 1. The van der Waals surface area contributed by atoms with Crippen LogP contribution in [0.25, 0.3) is 11.4 Å². The number of pyridine rings is 1. The fourth-order valence-electron chi connectivity index (χ4n) is 2.15. The Morgan fingerprint density at radius 3 is 2.86 bits per heavy atom. The molecular weight excluding hydrogens is 274 g/mol. The highest BCUT2D eigenvalue weighted by molar-refractivity contribution is 5.70. The summed E-state index contributed by atoms with van der Waals surface area (Å²) in [6.45, 7) is 4.10. The topological polar surface area (TPSA) is 114 Å². The van der Waals surface area contributed by atoms with Crippen molar-refractivity contribution in [2.75, 3.05) is 0 Å². The molecule has 0 aromatic carbocycles. The van der Waals surface area contributed by atoms with Crippen LogP contribution in [0.2, 0.25) is 0 Å². The van der Waals surface area contributed by atoms with E-state index in [1.54, 1.807) is 6.07 Å². The number of rotatable bonds is 6. The van der Waals surface area contributed by atoms with E-state index in [1.807, 2.05) is 13.8 Å². The van der Waals surface area contributed by atoms with E-state index in [9.17, 15) is 14.7 Å². The first-order chi connectivity index (χ1) is 9.97. The summed E-state index contributed by atoms with van der Waals surface area (Å²) in [6.07, 6.45) is 2.03. The lowest BCUT2D eigenvalue weighted by Crippen LogP contribution is -2.23. The zero-order chi connectivity index (χ0) is 15.4. The molecule has 0 spiro atoms. The molecule has 2 aromatic heterocycles. The number of carbonyl (C=O) groups is 1. The summed E-state index contributed by atoms with van der Waals surface area (Å²) < 4.78 is 1.43. The van der Waals surface area contributed by atoms with Crippen molar-refractivity contribution in [3.8, 4) is 11.4 Å².